The number of fused-ring (bicyclic) bond motifs is 3. The second-order valence-electron chi connectivity index (χ2n) is 5.15. The van der Waals surface area contributed by atoms with Gasteiger partial charge in [-0.3, -0.25) is 0 Å². The predicted octanol–water partition coefficient (Wildman–Crippen LogP) is 3.51. The number of benzene rings is 1. The van der Waals surface area contributed by atoms with Crippen molar-refractivity contribution in [3.63, 3.8) is 0 Å². The van der Waals surface area contributed by atoms with Crippen molar-refractivity contribution in [2.45, 2.75) is 25.7 Å². The largest absolute Gasteiger partial charge is 0.316 e. The summed E-state index contributed by atoms with van der Waals surface area (Å²) < 4.78 is 1.30. The maximum Gasteiger partial charge on any atom is 0.0210 e. The highest BCUT2D eigenvalue weighted by molar-refractivity contribution is 9.10. The van der Waals surface area contributed by atoms with Gasteiger partial charge in [0.1, 0.15) is 0 Å². The van der Waals surface area contributed by atoms with Gasteiger partial charge in [0.25, 0.3) is 0 Å². The Morgan fingerprint density at radius 1 is 1.44 bits per heavy atom. The molecule has 0 aromatic heterocycles. The van der Waals surface area contributed by atoms with E-state index in [1.807, 2.05) is 0 Å². The van der Waals surface area contributed by atoms with Crippen molar-refractivity contribution >= 4 is 28.3 Å². The molecule has 1 N–H and O–H groups in total. The average molecular weight is 303 g/mol. The van der Waals surface area contributed by atoms with Gasteiger partial charge in [-0.2, -0.15) is 0 Å². The standard InChI is InChI=1S/C13H16BrN.ClH/c1-13-6-5-10-9(3-2-4-12(10)14)11(13)7-15-8-13;/h2-4,11,15H,5-8H2,1H3;1H/t11-,13-;/m1./s1. The van der Waals surface area contributed by atoms with Crippen LogP contribution in [0, 0.1) is 5.41 Å². The van der Waals surface area contributed by atoms with Crippen molar-refractivity contribution in [3.8, 4) is 0 Å². The van der Waals surface area contributed by atoms with Gasteiger partial charge in [-0.1, -0.05) is 35.0 Å². The Kier molecular flexibility index (Phi) is 3.35. The van der Waals surface area contributed by atoms with Crippen LogP contribution >= 0.6 is 28.3 Å². The zero-order valence-electron chi connectivity index (χ0n) is 9.42. The molecule has 0 bridgehead atoms. The van der Waals surface area contributed by atoms with Gasteiger partial charge in [0.15, 0.2) is 0 Å². The summed E-state index contributed by atoms with van der Waals surface area (Å²) in [5, 5.41) is 3.55. The van der Waals surface area contributed by atoms with Crippen LogP contribution in [-0.4, -0.2) is 13.1 Å². The quantitative estimate of drug-likeness (QED) is 0.773. The number of rotatable bonds is 0. The molecule has 0 saturated carbocycles. The summed E-state index contributed by atoms with van der Waals surface area (Å²) in [4.78, 5) is 0. The summed E-state index contributed by atoms with van der Waals surface area (Å²) in [6.45, 7) is 4.77. The minimum atomic E-state index is 0. The van der Waals surface area contributed by atoms with Crippen LogP contribution in [0.4, 0.5) is 0 Å². The minimum Gasteiger partial charge on any atom is -0.316 e. The van der Waals surface area contributed by atoms with Crippen LogP contribution in [0.25, 0.3) is 0 Å². The van der Waals surface area contributed by atoms with Crippen LogP contribution in [0.3, 0.4) is 0 Å². The summed E-state index contributed by atoms with van der Waals surface area (Å²) in [7, 11) is 0. The predicted molar refractivity (Wildman–Crippen MR) is 73.4 cm³/mol. The van der Waals surface area contributed by atoms with Crippen LogP contribution in [0.5, 0.6) is 0 Å². The van der Waals surface area contributed by atoms with Gasteiger partial charge in [-0.25, -0.2) is 0 Å². The number of hydrogen-bond donors (Lipinski definition) is 1. The Morgan fingerprint density at radius 2 is 2.25 bits per heavy atom. The van der Waals surface area contributed by atoms with E-state index in [0.717, 1.165) is 12.5 Å². The Hall–Kier alpha value is -0.0500. The molecule has 1 aromatic carbocycles. The Bertz CT molecular complexity index is 407. The van der Waals surface area contributed by atoms with Crippen LogP contribution in [0.2, 0.25) is 0 Å². The highest BCUT2D eigenvalue weighted by Gasteiger charge is 2.43. The van der Waals surface area contributed by atoms with Crippen LogP contribution in [0.15, 0.2) is 22.7 Å². The van der Waals surface area contributed by atoms with Crippen molar-refractivity contribution < 1.29 is 0 Å². The fraction of sp³-hybridized carbons (Fsp3) is 0.538. The van der Waals surface area contributed by atoms with Crippen LogP contribution in [0.1, 0.15) is 30.4 Å². The van der Waals surface area contributed by atoms with E-state index in [9.17, 15) is 0 Å². The smallest absolute Gasteiger partial charge is 0.0210 e. The Balaban J connectivity index is 0.000000963. The lowest BCUT2D eigenvalue weighted by Gasteiger charge is -2.37. The lowest BCUT2D eigenvalue weighted by molar-refractivity contribution is 0.277. The number of halogens is 2. The molecule has 0 spiro atoms. The van der Waals surface area contributed by atoms with Gasteiger partial charge in [-0.15, -0.1) is 12.4 Å². The van der Waals surface area contributed by atoms with Crippen molar-refractivity contribution in [1.29, 1.82) is 0 Å². The fourth-order valence-electron chi connectivity index (χ4n) is 3.20. The molecule has 1 aromatic rings. The zero-order valence-corrected chi connectivity index (χ0v) is 11.8. The number of hydrogen-bond acceptors (Lipinski definition) is 1. The van der Waals surface area contributed by atoms with Crippen LogP contribution in [-0.2, 0) is 6.42 Å². The molecule has 3 rings (SSSR count). The maximum absolute atomic E-state index is 3.68. The second-order valence-corrected chi connectivity index (χ2v) is 6.00. The summed E-state index contributed by atoms with van der Waals surface area (Å²) in [5.74, 6) is 0.721. The van der Waals surface area contributed by atoms with E-state index in [4.69, 9.17) is 0 Å². The first-order valence-corrected chi connectivity index (χ1v) is 6.48. The molecular weight excluding hydrogens is 286 g/mol. The van der Waals surface area contributed by atoms with E-state index in [2.05, 4.69) is 46.4 Å². The molecule has 1 saturated heterocycles. The summed E-state index contributed by atoms with van der Waals surface area (Å²) in [6, 6.07) is 6.66. The zero-order chi connectivity index (χ0) is 10.5. The molecule has 0 amide bonds. The van der Waals surface area contributed by atoms with E-state index < -0.39 is 0 Å². The molecule has 1 aliphatic heterocycles. The summed E-state index contributed by atoms with van der Waals surface area (Å²) in [6.07, 6.45) is 2.55. The Labute approximate surface area is 112 Å². The SMILES string of the molecule is C[C@]12CCc3c(Br)cccc3[C@H]1CNC2.Cl. The van der Waals surface area contributed by atoms with Gasteiger partial charge in [0.2, 0.25) is 0 Å². The lowest BCUT2D eigenvalue weighted by atomic mass is 9.67. The van der Waals surface area contributed by atoms with E-state index in [0.29, 0.717) is 5.41 Å². The molecule has 3 heteroatoms. The fourth-order valence-corrected chi connectivity index (χ4v) is 3.78. The molecular formula is C13H17BrClN. The molecule has 1 heterocycles. The third kappa shape index (κ3) is 1.71. The second kappa shape index (κ2) is 4.32. The average Bonchev–Trinajstić information content (AvgIpc) is 2.60. The number of nitrogens with one attached hydrogen (secondary N) is 1. The minimum absolute atomic E-state index is 0. The first-order valence-electron chi connectivity index (χ1n) is 5.69. The highest BCUT2D eigenvalue weighted by atomic mass is 79.9. The third-order valence-corrected chi connectivity index (χ3v) is 4.94. The molecule has 2 aliphatic rings. The highest BCUT2D eigenvalue weighted by Crippen LogP contribution is 2.48. The third-order valence-electron chi connectivity index (χ3n) is 4.20. The van der Waals surface area contributed by atoms with E-state index in [1.54, 1.807) is 11.1 Å². The first kappa shape index (κ1) is 12.4. The lowest BCUT2D eigenvalue weighted by Crippen LogP contribution is -2.30. The van der Waals surface area contributed by atoms with Crippen molar-refractivity contribution in [3.05, 3.63) is 33.8 Å². The normalized spacial score (nSPS) is 31.5. The molecule has 16 heavy (non-hydrogen) atoms. The molecule has 1 aliphatic carbocycles. The molecule has 1 fully saturated rings. The molecule has 88 valence electrons. The molecule has 2 atom stereocenters. The van der Waals surface area contributed by atoms with E-state index in [1.165, 1.54) is 23.9 Å². The molecule has 0 unspecified atom stereocenters. The maximum atomic E-state index is 3.68. The van der Waals surface area contributed by atoms with Crippen molar-refractivity contribution in [2.75, 3.05) is 13.1 Å². The van der Waals surface area contributed by atoms with Crippen LogP contribution < -0.4 is 5.32 Å². The van der Waals surface area contributed by atoms with E-state index >= 15 is 0 Å². The van der Waals surface area contributed by atoms with Gasteiger partial charge >= 0.3 is 0 Å². The molecule has 1 nitrogen and oxygen atoms in total. The summed E-state index contributed by atoms with van der Waals surface area (Å²) in [5.41, 5.74) is 3.61. The monoisotopic (exact) mass is 301 g/mol. The molecule has 0 radical (unpaired) electrons. The topological polar surface area (TPSA) is 12.0 Å². The van der Waals surface area contributed by atoms with Gasteiger partial charge in [-0.05, 0) is 35.4 Å². The van der Waals surface area contributed by atoms with Gasteiger partial charge in [0.05, 0.1) is 0 Å². The Morgan fingerprint density at radius 3 is 3.06 bits per heavy atom. The van der Waals surface area contributed by atoms with Crippen molar-refractivity contribution in [2.24, 2.45) is 5.41 Å². The van der Waals surface area contributed by atoms with Crippen molar-refractivity contribution in [1.82, 2.24) is 5.32 Å². The van der Waals surface area contributed by atoms with Gasteiger partial charge < -0.3 is 5.32 Å². The first-order chi connectivity index (χ1) is 7.21. The van der Waals surface area contributed by atoms with Gasteiger partial charge in [0, 0.05) is 23.5 Å². The van der Waals surface area contributed by atoms with E-state index in [-0.39, 0.29) is 12.4 Å². The summed E-state index contributed by atoms with van der Waals surface area (Å²) >= 11 is 3.68.